The Kier molecular flexibility index (Phi) is 6.29. The van der Waals surface area contributed by atoms with Crippen LogP contribution in [-0.4, -0.2) is 48.8 Å². The van der Waals surface area contributed by atoms with Gasteiger partial charge in [-0.25, -0.2) is 4.79 Å². The third-order valence-electron chi connectivity index (χ3n) is 4.90. The standard InChI is InChI=1S/C19H28N2O4/c22-13-16(11-15-7-3-1-4-8-15)21-18(23)20-12-17-14-24-19(25-17)9-5-2-6-10-19/h1,3-4,7-8,16-17,22H,2,5-6,9-14H2,(H2,20,21,23)/t16-,17?/m0/s1. The molecular weight excluding hydrogens is 320 g/mol. The molecule has 6 heteroatoms. The number of aliphatic hydroxyl groups excluding tert-OH is 1. The fourth-order valence-corrected chi connectivity index (χ4v) is 3.57. The van der Waals surface area contributed by atoms with E-state index in [1.807, 2.05) is 30.3 Å². The van der Waals surface area contributed by atoms with E-state index >= 15 is 0 Å². The molecule has 0 bridgehead atoms. The van der Waals surface area contributed by atoms with Gasteiger partial charge >= 0.3 is 6.03 Å². The minimum atomic E-state index is -0.415. The summed E-state index contributed by atoms with van der Waals surface area (Å²) in [4.78, 5) is 12.1. The maximum absolute atomic E-state index is 12.1. The largest absolute Gasteiger partial charge is 0.394 e. The normalized spacial score (nSPS) is 23.3. The number of amides is 2. The lowest BCUT2D eigenvalue weighted by atomic mass is 9.94. The van der Waals surface area contributed by atoms with Crippen LogP contribution in [0.25, 0.3) is 0 Å². The fourth-order valence-electron chi connectivity index (χ4n) is 3.57. The van der Waals surface area contributed by atoms with Crippen LogP contribution in [0, 0.1) is 0 Å². The van der Waals surface area contributed by atoms with Crippen molar-refractivity contribution in [3.05, 3.63) is 35.9 Å². The van der Waals surface area contributed by atoms with E-state index in [2.05, 4.69) is 10.6 Å². The highest BCUT2D eigenvalue weighted by Crippen LogP contribution is 2.37. The third-order valence-corrected chi connectivity index (χ3v) is 4.90. The van der Waals surface area contributed by atoms with Gasteiger partial charge in [-0.2, -0.15) is 0 Å². The second-order valence-corrected chi connectivity index (χ2v) is 6.95. The lowest BCUT2D eigenvalue weighted by molar-refractivity contribution is -0.186. The molecule has 25 heavy (non-hydrogen) atoms. The van der Waals surface area contributed by atoms with Crippen LogP contribution in [0.1, 0.15) is 37.7 Å². The maximum atomic E-state index is 12.1. The van der Waals surface area contributed by atoms with Gasteiger partial charge in [0.2, 0.25) is 0 Å². The van der Waals surface area contributed by atoms with Crippen LogP contribution in [0.3, 0.4) is 0 Å². The van der Waals surface area contributed by atoms with E-state index in [4.69, 9.17) is 9.47 Å². The first-order valence-corrected chi connectivity index (χ1v) is 9.20. The third kappa shape index (κ3) is 5.17. The van der Waals surface area contributed by atoms with Crippen LogP contribution in [0.4, 0.5) is 4.79 Å². The van der Waals surface area contributed by atoms with E-state index in [1.54, 1.807) is 0 Å². The van der Waals surface area contributed by atoms with Crippen LogP contribution in [0.2, 0.25) is 0 Å². The summed E-state index contributed by atoms with van der Waals surface area (Å²) in [6.45, 7) is 0.833. The van der Waals surface area contributed by atoms with Gasteiger partial charge in [0, 0.05) is 19.4 Å². The predicted molar refractivity (Wildman–Crippen MR) is 94.2 cm³/mol. The molecule has 2 aliphatic rings. The van der Waals surface area contributed by atoms with Gasteiger partial charge in [0.05, 0.1) is 19.3 Å². The molecule has 1 heterocycles. The maximum Gasteiger partial charge on any atom is 0.315 e. The van der Waals surface area contributed by atoms with Gasteiger partial charge in [-0.1, -0.05) is 36.8 Å². The lowest BCUT2D eigenvalue weighted by Crippen LogP contribution is -2.47. The van der Waals surface area contributed by atoms with Crippen molar-refractivity contribution in [2.75, 3.05) is 19.8 Å². The highest BCUT2D eigenvalue weighted by atomic mass is 16.7. The molecule has 1 spiro atoms. The topological polar surface area (TPSA) is 79.8 Å². The van der Waals surface area contributed by atoms with Crippen molar-refractivity contribution in [1.29, 1.82) is 0 Å². The van der Waals surface area contributed by atoms with Crippen LogP contribution in [0.15, 0.2) is 30.3 Å². The lowest BCUT2D eigenvalue weighted by Gasteiger charge is -2.31. The Morgan fingerprint density at radius 1 is 1.24 bits per heavy atom. The van der Waals surface area contributed by atoms with Crippen molar-refractivity contribution in [3.63, 3.8) is 0 Å². The smallest absolute Gasteiger partial charge is 0.315 e. The minimum Gasteiger partial charge on any atom is -0.394 e. The summed E-state index contributed by atoms with van der Waals surface area (Å²) in [5.74, 6) is -0.415. The highest BCUT2D eigenvalue weighted by Gasteiger charge is 2.42. The molecule has 0 radical (unpaired) electrons. The highest BCUT2D eigenvalue weighted by molar-refractivity contribution is 5.74. The molecule has 3 rings (SSSR count). The molecule has 6 nitrogen and oxygen atoms in total. The van der Waals surface area contributed by atoms with Gasteiger partial charge < -0.3 is 25.2 Å². The van der Waals surface area contributed by atoms with Gasteiger partial charge in [0.25, 0.3) is 0 Å². The molecular formula is C19H28N2O4. The summed E-state index contributed by atoms with van der Waals surface area (Å²) in [5.41, 5.74) is 1.08. The zero-order chi connectivity index (χ0) is 17.5. The van der Waals surface area contributed by atoms with E-state index in [0.29, 0.717) is 19.6 Å². The molecule has 1 aliphatic heterocycles. The molecule has 138 valence electrons. The van der Waals surface area contributed by atoms with E-state index in [9.17, 15) is 9.90 Å². The number of benzene rings is 1. The number of hydrogen-bond donors (Lipinski definition) is 3. The Labute approximate surface area is 148 Å². The molecule has 3 N–H and O–H groups in total. The van der Waals surface area contributed by atoms with Crippen LogP contribution in [-0.2, 0) is 15.9 Å². The molecule has 0 aromatic heterocycles. The summed E-state index contributed by atoms with van der Waals surface area (Å²) in [6, 6.07) is 9.20. The summed E-state index contributed by atoms with van der Waals surface area (Å²) < 4.78 is 11.9. The number of urea groups is 1. The van der Waals surface area contributed by atoms with Crippen LogP contribution in [0.5, 0.6) is 0 Å². The number of rotatable bonds is 6. The summed E-state index contributed by atoms with van der Waals surface area (Å²) in [7, 11) is 0. The van der Waals surface area contributed by atoms with Crippen molar-refractivity contribution in [2.45, 2.75) is 56.5 Å². The average Bonchev–Trinajstić information content (AvgIpc) is 3.03. The molecule has 1 saturated heterocycles. The van der Waals surface area contributed by atoms with Crippen LogP contribution >= 0.6 is 0 Å². The van der Waals surface area contributed by atoms with Gasteiger partial charge in [-0.15, -0.1) is 0 Å². The number of nitrogens with one attached hydrogen (secondary N) is 2. The van der Waals surface area contributed by atoms with E-state index < -0.39 is 5.79 Å². The Bertz CT molecular complexity index is 546. The van der Waals surface area contributed by atoms with Crippen molar-refractivity contribution < 1.29 is 19.4 Å². The molecule has 2 atom stereocenters. The first kappa shape index (κ1) is 18.2. The van der Waals surface area contributed by atoms with E-state index in [0.717, 1.165) is 31.2 Å². The summed E-state index contributed by atoms with van der Waals surface area (Å²) in [6.07, 6.45) is 5.89. The number of carbonyl (C=O) groups is 1. The second-order valence-electron chi connectivity index (χ2n) is 6.95. The number of hydrogen-bond acceptors (Lipinski definition) is 4. The quantitative estimate of drug-likeness (QED) is 0.734. The zero-order valence-electron chi connectivity index (χ0n) is 14.6. The number of aliphatic hydroxyl groups is 1. The van der Waals surface area contributed by atoms with Crippen molar-refractivity contribution >= 4 is 6.03 Å². The van der Waals surface area contributed by atoms with E-state index in [1.165, 1.54) is 6.42 Å². The average molecular weight is 348 g/mol. The second kappa shape index (κ2) is 8.65. The Morgan fingerprint density at radius 3 is 2.72 bits per heavy atom. The molecule has 2 fully saturated rings. The molecule has 1 saturated carbocycles. The molecule has 1 aromatic carbocycles. The first-order chi connectivity index (χ1) is 12.2. The zero-order valence-corrected chi connectivity index (χ0v) is 14.6. The Hall–Kier alpha value is -1.63. The van der Waals surface area contributed by atoms with Gasteiger partial charge in [-0.05, 0) is 24.8 Å². The van der Waals surface area contributed by atoms with Crippen molar-refractivity contribution in [2.24, 2.45) is 0 Å². The SMILES string of the molecule is O=C(NCC1COC2(CCCCC2)O1)N[C@H](CO)Cc1ccccc1. The van der Waals surface area contributed by atoms with Crippen molar-refractivity contribution in [1.82, 2.24) is 10.6 Å². The molecule has 2 amide bonds. The number of ether oxygens (including phenoxy) is 2. The number of carbonyl (C=O) groups excluding carboxylic acids is 1. The van der Waals surface area contributed by atoms with Crippen LogP contribution < -0.4 is 10.6 Å². The fraction of sp³-hybridized carbons (Fsp3) is 0.632. The molecule has 1 unspecified atom stereocenters. The minimum absolute atomic E-state index is 0.103. The van der Waals surface area contributed by atoms with Gasteiger partial charge in [0.15, 0.2) is 5.79 Å². The van der Waals surface area contributed by atoms with Gasteiger partial charge in [-0.3, -0.25) is 0 Å². The summed E-state index contributed by atoms with van der Waals surface area (Å²) >= 11 is 0. The Balaban J connectivity index is 1.40. The first-order valence-electron chi connectivity index (χ1n) is 9.20. The van der Waals surface area contributed by atoms with Gasteiger partial charge in [0.1, 0.15) is 6.10 Å². The molecule has 1 aliphatic carbocycles. The monoisotopic (exact) mass is 348 g/mol. The van der Waals surface area contributed by atoms with Crippen molar-refractivity contribution in [3.8, 4) is 0 Å². The Morgan fingerprint density at radius 2 is 2.00 bits per heavy atom. The van der Waals surface area contributed by atoms with E-state index in [-0.39, 0.29) is 24.8 Å². The predicted octanol–water partition coefficient (Wildman–Crippen LogP) is 1.96. The molecule has 1 aromatic rings. The summed E-state index contributed by atoms with van der Waals surface area (Å²) in [5, 5.41) is 15.1.